The van der Waals surface area contributed by atoms with Crippen LogP contribution in [0.25, 0.3) is 22.2 Å². The highest BCUT2D eigenvalue weighted by Crippen LogP contribution is 2.24. The fraction of sp³-hybridized carbons (Fsp3) is 0.125. The molecule has 0 aliphatic rings. The van der Waals surface area contributed by atoms with Crippen molar-refractivity contribution in [3.63, 3.8) is 0 Å². The first-order valence-electron chi connectivity index (χ1n) is 6.53. The minimum Gasteiger partial charge on any atom is -0.345 e. The van der Waals surface area contributed by atoms with E-state index in [2.05, 4.69) is 15.0 Å². The van der Waals surface area contributed by atoms with E-state index in [1.54, 1.807) is 37.5 Å². The van der Waals surface area contributed by atoms with Crippen LogP contribution in [0.15, 0.2) is 49.1 Å². The Balaban J connectivity index is 2.27. The molecule has 0 aliphatic heterocycles. The number of carbonyl (C=O) groups excluding carboxylic acids is 1. The maximum absolute atomic E-state index is 12.4. The lowest BCUT2D eigenvalue weighted by molar-refractivity contribution is 0.0829. The number of aromatic nitrogens is 3. The van der Waals surface area contributed by atoms with Crippen LogP contribution in [-0.2, 0) is 0 Å². The van der Waals surface area contributed by atoms with Gasteiger partial charge in [0.25, 0.3) is 5.91 Å². The molecule has 0 aliphatic carbocycles. The first kappa shape index (κ1) is 13.2. The van der Waals surface area contributed by atoms with E-state index in [0.29, 0.717) is 11.3 Å². The van der Waals surface area contributed by atoms with Crippen LogP contribution in [0.3, 0.4) is 0 Å². The molecular formula is C16H14N4O. The van der Waals surface area contributed by atoms with Gasteiger partial charge in [0.2, 0.25) is 0 Å². The van der Waals surface area contributed by atoms with Gasteiger partial charge in [0.15, 0.2) is 0 Å². The smallest absolute Gasteiger partial charge is 0.254 e. The van der Waals surface area contributed by atoms with Gasteiger partial charge in [0, 0.05) is 37.4 Å². The summed E-state index contributed by atoms with van der Waals surface area (Å²) in [5.41, 5.74) is 2.89. The molecule has 0 saturated heterocycles. The van der Waals surface area contributed by atoms with Crippen LogP contribution in [0.1, 0.15) is 10.4 Å². The lowest BCUT2D eigenvalue weighted by atomic mass is 10.0. The Morgan fingerprint density at radius 1 is 1.10 bits per heavy atom. The molecule has 0 saturated carbocycles. The van der Waals surface area contributed by atoms with Gasteiger partial charge in [-0.3, -0.25) is 4.79 Å². The predicted octanol–water partition coefficient (Wildman–Crippen LogP) is 2.39. The van der Waals surface area contributed by atoms with Crippen molar-refractivity contribution in [2.45, 2.75) is 0 Å². The van der Waals surface area contributed by atoms with E-state index in [-0.39, 0.29) is 5.91 Å². The van der Waals surface area contributed by atoms with Crippen molar-refractivity contribution >= 4 is 16.8 Å². The minimum absolute atomic E-state index is 0.0494. The summed E-state index contributed by atoms with van der Waals surface area (Å²) in [5.74, 6) is -0.0494. The second-order valence-electron chi connectivity index (χ2n) is 4.90. The monoisotopic (exact) mass is 278 g/mol. The molecule has 1 amide bonds. The van der Waals surface area contributed by atoms with E-state index in [1.165, 1.54) is 6.33 Å². The Hall–Kier alpha value is -2.82. The highest BCUT2D eigenvalue weighted by molar-refractivity contribution is 6.06. The van der Waals surface area contributed by atoms with Gasteiger partial charge < -0.3 is 4.90 Å². The van der Waals surface area contributed by atoms with Crippen molar-refractivity contribution in [1.82, 2.24) is 19.9 Å². The summed E-state index contributed by atoms with van der Waals surface area (Å²) in [7, 11) is 3.48. The quantitative estimate of drug-likeness (QED) is 0.722. The van der Waals surface area contributed by atoms with Gasteiger partial charge in [-0.05, 0) is 12.1 Å². The van der Waals surface area contributed by atoms with Gasteiger partial charge in [0.1, 0.15) is 6.33 Å². The van der Waals surface area contributed by atoms with Gasteiger partial charge in [-0.2, -0.15) is 0 Å². The molecule has 2 heterocycles. The average molecular weight is 278 g/mol. The third-order valence-electron chi connectivity index (χ3n) is 3.21. The van der Waals surface area contributed by atoms with E-state index >= 15 is 0 Å². The lowest BCUT2D eigenvalue weighted by Crippen LogP contribution is -2.22. The summed E-state index contributed by atoms with van der Waals surface area (Å²) >= 11 is 0. The molecule has 0 N–H and O–H groups in total. The van der Waals surface area contributed by atoms with Crippen molar-refractivity contribution in [2.75, 3.05) is 14.1 Å². The molecule has 3 aromatic rings. The Kier molecular flexibility index (Phi) is 3.31. The molecule has 21 heavy (non-hydrogen) atoms. The number of carbonyl (C=O) groups is 1. The standard InChI is InChI=1S/C16H14N4O/c1-20(2)16(21)13-7-15(11-8-17-10-18-9-11)19-14-6-4-3-5-12(13)14/h3-10H,1-2H3. The van der Waals surface area contributed by atoms with E-state index < -0.39 is 0 Å². The van der Waals surface area contributed by atoms with Crippen molar-refractivity contribution < 1.29 is 4.79 Å². The summed E-state index contributed by atoms with van der Waals surface area (Å²) in [6.45, 7) is 0. The van der Waals surface area contributed by atoms with Crippen LogP contribution in [-0.4, -0.2) is 39.9 Å². The number of para-hydroxylation sites is 1. The third-order valence-corrected chi connectivity index (χ3v) is 3.21. The van der Waals surface area contributed by atoms with Crippen molar-refractivity contribution in [3.05, 3.63) is 54.6 Å². The van der Waals surface area contributed by atoms with Crippen LogP contribution in [0.5, 0.6) is 0 Å². The predicted molar refractivity (Wildman–Crippen MR) is 80.8 cm³/mol. The molecule has 5 heteroatoms. The zero-order chi connectivity index (χ0) is 14.8. The van der Waals surface area contributed by atoms with E-state index in [0.717, 1.165) is 16.5 Å². The topological polar surface area (TPSA) is 59.0 Å². The SMILES string of the molecule is CN(C)C(=O)c1cc(-c2cncnc2)nc2ccccc12. The maximum atomic E-state index is 12.4. The van der Waals surface area contributed by atoms with Gasteiger partial charge in [-0.15, -0.1) is 0 Å². The number of benzene rings is 1. The summed E-state index contributed by atoms with van der Waals surface area (Å²) < 4.78 is 0. The molecule has 2 aromatic heterocycles. The largest absolute Gasteiger partial charge is 0.345 e. The lowest BCUT2D eigenvalue weighted by Gasteiger charge is -2.13. The number of hydrogen-bond acceptors (Lipinski definition) is 4. The Morgan fingerprint density at radius 2 is 1.81 bits per heavy atom. The summed E-state index contributed by atoms with van der Waals surface area (Å²) in [4.78, 5) is 26.6. The highest BCUT2D eigenvalue weighted by Gasteiger charge is 2.15. The van der Waals surface area contributed by atoms with Crippen molar-refractivity contribution in [3.8, 4) is 11.3 Å². The molecule has 0 fully saturated rings. The molecule has 3 rings (SSSR count). The van der Waals surface area contributed by atoms with E-state index in [9.17, 15) is 4.79 Å². The number of amides is 1. The fourth-order valence-corrected chi connectivity index (χ4v) is 2.17. The Morgan fingerprint density at radius 3 is 2.52 bits per heavy atom. The van der Waals surface area contributed by atoms with Crippen molar-refractivity contribution in [1.29, 1.82) is 0 Å². The highest BCUT2D eigenvalue weighted by atomic mass is 16.2. The van der Waals surface area contributed by atoms with Gasteiger partial charge in [-0.1, -0.05) is 18.2 Å². The Bertz CT molecular complexity index is 800. The number of fused-ring (bicyclic) bond motifs is 1. The zero-order valence-electron chi connectivity index (χ0n) is 11.8. The van der Waals surface area contributed by atoms with Gasteiger partial charge in [0.05, 0.1) is 16.8 Å². The number of hydrogen-bond donors (Lipinski definition) is 0. The molecular weight excluding hydrogens is 264 g/mol. The second-order valence-corrected chi connectivity index (χ2v) is 4.90. The normalized spacial score (nSPS) is 10.6. The fourth-order valence-electron chi connectivity index (χ4n) is 2.17. The molecule has 1 aromatic carbocycles. The number of nitrogens with zero attached hydrogens (tertiary/aromatic N) is 4. The summed E-state index contributed by atoms with van der Waals surface area (Å²) in [6.07, 6.45) is 4.85. The number of pyridine rings is 1. The summed E-state index contributed by atoms with van der Waals surface area (Å²) in [5, 5.41) is 0.844. The van der Waals surface area contributed by atoms with Gasteiger partial charge in [-0.25, -0.2) is 15.0 Å². The first-order chi connectivity index (χ1) is 10.2. The summed E-state index contributed by atoms with van der Waals surface area (Å²) in [6, 6.07) is 9.41. The molecule has 5 nitrogen and oxygen atoms in total. The van der Waals surface area contributed by atoms with Crippen molar-refractivity contribution in [2.24, 2.45) is 0 Å². The van der Waals surface area contributed by atoms with E-state index in [1.807, 2.05) is 24.3 Å². The van der Waals surface area contributed by atoms with Crippen LogP contribution < -0.4 is 0 Å². The molecule has 0 radical (unpaired) electrons. The minimum atomic E-state index is -0.0494. The maximum Gasteiger partial charge on any atom is 0.254 e. The molecule has 0 atom stereocenters. The Labute approximate surface area is 122 Å². The van der Waals surface area contributed by atoms with Crippen LogP contribution in [0.4, 0.5) is 0 Å². The molecule has 0 unspecified atom stereocenters. The third kappa shape index (κ3) is 2.45. The molecule has 104 valence electrons. The number of rotatable bonds is 2. The van der Waals surface area contributed by atoms with Crippen LogP contribution in [0.2, 0.25) is 0 Å². The van der Waals surface area contributed by atoms with Gasteiger partial charge >= 0.3 is 0 Å². The zero-order valence-corrected chi connectivity index (χ0v) is 11.8. The second kappa shape index (κ2) is 5.28. The van der Waals surface area contributed by atoms with E-state index in [4.69, 9.17) is 0 Å². The molecule has 0 bridgehead atoms. The van der Waals surface area contributed by atoms with Crippen LogP contribution in [0, 0.1) is 0 Å². The first-order valence-corrected chi connectivity index (χ1v) is 6.53. The molecule has 0 spiro atoms. The average Bonchev–Trinajstić information content (AvgIpc) is 2.54. The van der Waals surface area contributed by atoms with Crippen LogP contribution >= 0.6 is 0 Å².